The molecule has 0 bridgehead atoms. The van der Waals surface area contributed by atoms with Crippen molar-refractivity contribution in [3.63, 3.8) is 0 Å². The fraction of sp³-hybridized carbons (Fsp3) is 0.0455. The Kier molecular flexibility index (Phi) is 5.79. The molecule has 2 aromatic carbocycles. The molecule has 4 rings (SSSR count). The number of pyridine rings is 1. The van der Waals surface area contributed by atoms with Crippen LogP contribution in [-0.4, -0.2) is 24.3 Å². The molecule has 0 aliphatic heterocycles. The van der Waals surface area contributed by atoms with Gasteiger partial charge in [-0.05, 0) is 61.0 Å². The number of hydrogen-bond acceptors (Lipinski definition) is 6. The molecule has 4 aromatic rings. The van der Waals surface area contributed by atoms with Crippen LogP contribution >= 0.6 is 11.3 Å². The summed E-state index contributed by atoms with van der Waals surface area (Å²) in [7, 11) is -3.76. The van der Waals surface area contributed by atoms with Crippen LogP contribution in [0.5, 0.6) is 0 Å². The molecule has 0 fully saturated rings. The zero-order chi connectivity index (χ0) is 21.8. The van der Waals surface area contributed by atoms with Crippen molar-refractivity contribution in [1.82, 2.24) is 9.97 Å². The summed E-state index contributed by atoms with van der Waals surface area (Å²) < 4.78 is 27.7. The number of aryl methyl sites for hydroxylation is 1. The predicted octanol–water partition coefficient (Wildman–Crippen LogP) is 4.57. The molecule has 156 valence electrons. The Morgan fingerprint density at radius 1 is 0.968 bits per heavy atom. The highest BCUT2D eigenvalue weighted by atomic mass is 32.2. The van der Waals surface area contributed by atoms with Gasteiger partial charge in [-0.1, -0.05) is 18.2 Å². The summed E-state index contributed by atoms with van der Waals surface area (Å²) in [4.78, 5) is 21.2. The second-order valence-corrected chi connectivity index (χ2v) is 9.25. The van der Waals surface area contributed by atoms with Crippen molar-refractivity contribution in [2.24, 2.45) is 0 Å². The van der Waals surface area contributed by atoms with Crippen LogP contribution in [0.1, 0.15) is 15.9 Å². The largest absolute Gasteiger partial charge is 0.298 e. The number of carbonyl (C=O) groups excluding carboxylic acids is 1. The molecule has 0 unspecified atom stereocenters. The molecular weight excluding hydrogens is 432 g/mol. The average Bonchev–Trinajstić information content (AvgIpc) is 3.23. The number of thiazole rings is 1. The molecule has 0 radical (unpaired) electrons. The summed E-state index contributed by atoms with van der Waals surface area (Å²) in [6, 6.07) is 18.3. The third kappa shape index (κ3) is 4.96. The lowest BCUT2D eigenvalue weighted by Gasteiger charge is -2.09. The average molecular weight is 451 g/mol. The van der Waals surface area contributed by atoms with E-state index < -0.39 is 10.0 Å². The molecule has 9 heteroatoms. The van der Waals surface area contributed by atoms with Crippen molar-refractivity contribution in [2.75, 3.05) is 10.0 Å². The van der Waals surface area contributed by atoms with Gasteiger partial charge in [0.2, 0.25) is 0 Å². The first-order chi connectivity index (χ1) is 14.9. The molecule has 7 nitrogen and oxygen atoms in total. The van der Waals surface area contributed by atoms with E-state index in [1.165, 1.54) is 35.6 Å². The topological polar surface area (TPSA) is 101 Å². The van der Waals surface area contributed by atoms with E-state index in [2.05, 4.69) is 20.0 Å². The maximum Gasteiger partial charge on any atom is 0.261 e. The normalized spacial score (nSPS) is 11.1. The van der Waals surface area contributed by atoms with Crippen LogP contribution in [0.2, 0.25) is 0 Å². The summed E-state index contributed by atoms with van der Waals surface area (Å²) in [5, 5.41) is 4.97. The van der Waals surface area contributed by atoms with Gasteiger partial charge in [0, 0.05) is 22.8 Å². The summed E-state index contributed by atoms with van der Waals surface area (Å²) >= 11 is 1.29. The molecule has 0 aliphatic rings. The van der Waals surface area contributed by atoms with E-state index in [4.69, 9.17) is 0 Å². The van der Waals surface area contributed by atoms with Gasteiger partial charge in [-0.25, -0.2) is 13.4 Å². The van der Waals surface area contributed by atoms with Crippen LogP contribution in [0.15, 0.2) is 83.2 Å². The monoisotopic (exact) mass is 450 g/mol. The van der Waals surface area contributed by atoms with E-state index in [0.29, 0.717) is 22.1 Å². The molecule has 0 saturated carbocycles. The lowest BCUT2D eigenvalue weighted by molar-refractivity contribution is 0.102. The van der Waals surface area contributed by atoms with Gasteiger partial charge in [-0.3, -0.25) is 19.8 Å². The zero-order valence-corrected chi connectivity index (χ0v) is 18.1. The second kappa shape index (κ2) is 8.66. The Morgan fingerprint density at radius 3 is 2.48 bits per heavy atom. The summed E-state index contributed by atoms with van der Waals surface area (Å²) in [6.07, 6.45) is 1.68. The van der Waals surface area contributed by atoms with E-state index in [1.54, 1.807) is 24.4 Å². The van der Waals surface area contributed by atoms with Gasteiger partial charge in [-0.15, -0.1) is 11.3 Å². The molecule has 1 amide bonds. The van der Waals surface area contributed by atoms with E-state index in [0.717, 1.165) is 11.3 Å². The van der Waals surface area contributed by atoms with Crippen LogP contribution in [-0.2, 0) is 10.0 Å². The van der Waals surface area contributed by atoms with Crippen LogP contribution in [0, 0.1) is 6.92 Å². The minimum atomic E-state index is -3.76. The summed E-state index contributed by atoms with van der Waals surface area (Å²) in [6.45, 7) is 1.88. The maximum atomic E-state index is 12.6. The van der Waals surface area contributed by atoms with Crippen molar-refractivity contribution in [2.45, 2.75) is 11.8 Å². The van der Waals surface area contributed by atoms with Gasteiger partial charge in [0.1, 0.15) is 5.69 Å². The lowest BCUT2D eigenvalue weighted by atomic mass is 10.2. The number of nitrogens with zero attached hydrogens (tertiary/aromatic N) is 2. The van der Waals surface area contributed by atoms with Crippen molar-refractivity contribution in [3.8, 4) is 11.4 Å². The number of anilines is 2. The molecule has 0 saturated heterocycles. The smallest absolute Gasteiger partial charge is 0.261 e. The standard InChI is InChI=1S/C22H18N4O3S2/c1-15-5-4-6-17(13-15)26-31(28,29)18-10-8-16(9-11-18)21(27)25-22-24-20(14-30-22)19-7-2-3-12-23-19/h2-14,26H,1H3,(H,24,25,27). The predicted molar refractivity (Wildman–Crippen MR) is 122 cm³/mol. The molecule has 2 N–H and O–H groups in total. The number of hydrogen-bond donors (Lipinski definition) is 2. The molecule has 2 aromatic heterocycles. The van der Waals surface area contributed by atoms with E-state index >= 15 is 0 Å². The van der Waals surface area contributed by atoms with Gasteiger partial charge in [0.25, 0.3) is 15.9 Å². The van der Waals surface area contributed by atoms with Crippen LogP contribution in [0.25, 0.3) is 11.4 Å². The Bertz CT molecular complexity index is 1320. The minimum Gasteiger partial charge on any atom is -0.298 e. The second-order valence-electron chi connectivity index (χ2n) is 6.71. The first-order valence-corrected chi connectivity index (χ1v) is 11.6. The highest BCUT2D eigenvalue weighted by molar-refractivity contribution is 7.92. The summed E-state index contributed by atoms with van der Waals surface area (Å²) in [5.74, 6) is -0.377. The lowest BCUT2D eigenvalue weighted by Crippen LogP contribution is -2.14. The highest BCUT2D eigenvalue weighted by Crippen LogP contribution is 2.24. The number of amides is 1. The van der Waals surface area contributed by atoms with Crippen molar-refractivity contribution in [3.05, 3.63) is 89.4 Å². The minimum absolute atomic E-state index is 0.0669. The molecule has 31 heavy (non-hydrogen) atoms. The number of benzene rings is 2. The van der Waals surface area contributed by atoms with Gasteiger partial charge < -0.3 is 0 Å². The van der Waals surface area contributed by atoms with E-state index in [-0.39, 0.29) is 10.8 Å². The molecule has 0 aliphatic carbocycles. The third-order valence-electron chi connectivity index (χ3n) is 4.35. The Morgan fingerprint density at radius 2 is 1.77 bits per heavy atom. The number of rotatable bonds is 6. The fourth-order valence-corrected chi connectivity index (χ4v) is 4.59. The van der Waals surface area contributed by atoms with Gasteiger partial charge in [0.15, 0.2) is 5.13 Å². The number of aromatic nitrogens is 2. The number of nitrogens with one attached hydrogen (secondary N) is 2. The Hall–Kier alpha value is -3.56. The number of carbonyl (C=O) groups is 1. The summed E-state index contributed by atoms with van der Waals surface area (Å²) in [5.41, 5.74) is 3.14. The SMILES string of the molecule is Cc1cccc(NS(=O)(=O)c2ccc(C(=O)Nc3nc(-c4ccccn4)cs3)cc2)c1. The Labute approximate surface area is 183 Å². The van der Waals surface area contributed by atoms with Crippen molar-refractivity contribution >= 4 is 38.1 Å². The molecule has 2 heterocycles. The third-order valence-corrected chi connectivity index (χ3v) is 6.50. The molecule has 0 atom stereocenters. The van der Waals surface area contributed by atoms with E-state index in [9.17, 15) is 13.2 Å². The first kappa shape index (κ1) is 20.7. The molecular formula is C22H18N4O3S2. The zero-order valence-electron chi connectivity index (χ0n) is 16.4. The van der Waals surface area contributed by atoms with Crippen molar-refractivity contribution < 1.29 is 13.2 Å². The van der Waals surface area contributed by atoms with Crippen LogP contribution in [0.4, 0.5) is 10.8 Å². The van der Waals surface area contributed by atoms with Crippen LogP contribution < -0.4 is 10.0 Å². The first-order valence-electron chi connectivity index (χ1n) is 9.28. The highest BCUT2D eigenvalue weighted by Gasteiger charge is 2.16. The van der Waals surface area contributed by atoms with Crippen LogP contribution in [0.3, 0.4) is 0 Å². The number of sulfonamides is 1. The quantitative estimate of drug-likeness (QED) is 0.448. The Balaban J connectivity index is 1.45. The van der Waals surface area contributed by atoms with Gasteiger partial charge >= 0.3 is 0 Å². The van der Waals surface area contributed by atoms with Gasteiger partial charge in [0.05, 0.1) is 10.6 Å². The van der Waals surface area contributed by atoms with Crippen molar-refractivity contribution in [1.29, 1.82) is 0 Å². The fourth-order valence-electron chi connectivity index (χ4n) is 2.84. The maximum absolute atomic E-state index is 12.6. The molecule has 0 spiro atoms. The van der Waals surface area contributed by atoms with E-state index in [1.807, 2.05) is 36.6 Å². The van der Waals surface area contributed by atoms with Gasteiger partial charge in [-0.2, -0.15) is 0 Å².